The molecule has 0 saturated heterocycles. The van der Waals surface area contributed by atoms with Crippen LogP contribution in [0.15, 0.2) is 0 Å². The molecule has 0 rings (SSSR count). The van der Waals surface area contributed by atoms with Crippen molar-refractivity contribution in [3.8, 4) is 0 Å². The third-order valence-corrected chi connectivity index (χ3v) is 5.49. The van der Waals surface area contributed by atoms with E-state index in [1.807, 2.05) is 0 Å². The molecule has 130 valence electrons. The Morgan fingerprint density at radius 1 is 0.727 bits per heavy atom. The van der Waals surface area contributed by atoms with Crippen LogP contribution in [0.2, 0.25) is 0 Å². The van der Waals surface area contributed by atoms with Gasteiger partial charge in [-0.2, -0.15) is 8.42 Å². The van der Waals surface area contributed by atoms with Crippen molar-refractivity contribution >= 4 is 10.1 Å². The first kappa shape index (κ1) is 25.2. The summed E-state index contributed by atoms with van der Waals surface area (Å²) < 4.78 is 32.2. The van der Waals surface area contributed by atoms with Crippen molar-refractivity contribution in [3.63, 3.8) is 0 Å². The van der Waals surface area contributed by atoms with E-state index < -0.39 is 15.4 Å². The Hall–Kier alpha value is 0.910. The Balaban J connectivity index is -0.00000200. The molecule has 0 heterocycles. The number of unbranched alkanes of at least 4 members (excludes halogenated alkanes) is 10. The maximum absolute atomic E-state index is 11.4. The first-order valence-corrected chi connectivity index (χ1v) is 10.5. The van der Waals surface area contributed by atoms with Gasteiger partial charge in [0.2, 0.25) is 0 Å². The van der Waals surface area contributed by atoms with E-state index >= 15 is 0 Å². The molecular formula is C17H37NaO3S. The van der Waals surface area contributed by atoms with E-state index in [9.17, 15) is 13.0 Å². The minimum atomic E-state index is -3.86. The number of hydrogen-bond donors (Lipinski definition) is 1. The Labute approximate surface area is 162 Å². The molecule has 5 heteroatoms. The average molecular weight is 345 g/mol. The second kappa shape index (κ2) is 16.8. The molecule has 1 N–H and O–H groups in total. The van der Waals surface area contributed by atoms with Crippen molar-refractivity contribution in [1.29, 1.82) is 0 Å². The molecule has 22 heavy (non-hydrogen) atoms. The van der Waals surface area contributed by atoms with Crippen LogP contribution in [0.1, 0.15) is 105 Å². The molecule has 0 bridgehead atoms. The van der Waals surface area contributed by atoms with E-state index in [1.165, 1.54) is 51.4 Å². The summed E-state index contributed by atoms with van der Waals surface area (Å²) in [6.07, 6.45) is 15.1. The summed E-state index contributed by atoms with van der Waals surface area (Å²) in [6.45, 7) is 4.38. The van der Waals surface area contributed by atoms with E-state index in [1.54, 1.807) is 0 Å². The van der Waals surface area contributed by atoms with Gasteiger partial charge >= 0.3 is 29.6 Å². The van der Waals surface area contributed by atoms with Crippen LogP contribution in [0.25, 0.3) is 0 Å². The van der Waals surface area contributed by atoms with E-state index in [-0.39, 0.29) is 31.0 Å². The van der Waals surface area contributed by atoms with E-state index in [4.69, 9.17) is 0 Å². The summed E-state index contributed by atoms with van der Waals surface area (Å²) in [5, 5.41) is -0.533. The first-order chi connectivity index (χ1) is 10.0. The van der Waals surface area contributed by atoms with Crippen molar-refractivity contribution in [2.24, 2.45) is 0 Å². The van der Waals surface area contributed by atoms with Gasteiger partial charge in [-0.05, 0) is 12.8 Å². The van der Waals surface area contributed by atoms with Gasteiger partial charge in [-0.15, -0.1) is 0 Å². The molecule has 0 aromatic carbocycles. The molecule has 0 spiro atoms. The SMILES string of the molecule is CCCCCCCCC(CCCCCCCC)S(=O)(=O)O.[H-].[Na+]. The molecule has 0 aliphatic carbocycles. The van der Waals surface area contributed by atoms with Crippen molar-refractivity contribution in [1.82, 2.24) is 0 Å². The number of hydrogen-bond acceptors (Lipinski definition) is 2. The monoisotopic (exact) mass is 344 g/mol. The summed E-state index contributed by atoms with van der Waals surface area (Å²) in [5.74, 6) is 0. The van der Waals surface area contributed by atoms with Gasteiger partial charge in [0.25, 0.3) is 10.1 Å². The van der Waals surface area contributed by atoms with Crippen LogP contribution < -0.4 is 29.6 Å². The van der Waals surface area contributed by atoms with Crippen molar-refractivity contribution in [2.45, 2.75) is 109 Å². The summed E-state index contributed by atoms with van der Waals surface area (Å²) in [7, 11) is -3.86. The van der Waals surface area contributed by atoms with Crippen LogP contribution >= 0.6 is 0 Å². The summed E-state index contributed by atoms with van der Waals surface area (Å²) >= 11 is 0. The summed E-state index contributed by atoms with van der Waals surface area (Å²) in [6, 6.07) is 0. The molecule has 0 saturated carbocycles. The first-order valence-electron chi connectivity index (χ1n) is 8.98. The fourth-order valence-corrected chi connectivity index (χ4v) is 3.68. The Bertz CT molecular complexity index is 308. The minimum absolute atomic E-state index is 0. The molecule has 3 nitrogen and oxygen atoms in total. The Morgan fingerprint density at radius 3 is 1.36 bits per heavy atom. The zero-order valence-electron chi connectivity index (χ0n) is 16.1. The maximum Gasteiger partial charge on any atom is 1.00 e. The normalized spacial score (nSPS) is 11.6. The van der Waals surface area contributed by atoms with Crippen molar-refractivity contribution in [3.05, 3.63) is 0 Å². The largest absolute Gasteiger partial charge is 1.00 e. The smallest absolute Gasteiger partial charge is 1.00 e. The van der Waals surface area contributed by atoms with Gasteiger partial charge in [-0.3, -0.25) is 4.55 Å². The third-order valence-electron chi connectivity index (χ3n) is 4.18. The summed E-state index contributed by atoms with van der Waals surface area (Å²) in [5.41, 5.74) is 0. The van der Waals surface area contributed by atoms with Crippen LogP contribution in [-0.2, 0) is 10.1 Å². The van der Waals surface area contributed by atoms with E-state index in [0.717, 1.165) is 25.7 Å². The molecule has 0 fully saturated rings. The summed E-state index contributed by atoms with van der Waals surface area (Å²) in [4.78, 5) is 0. The Kier molecular flexibility index (Phi) is 19.2. The average Bonchev–Trinajstić information content (AvgIpc) is 2.42. The van der Waals surface area contributed by atoms with Crippen LogP contribution in [0, 0.1) is 0 Å². The molecule has 0 aliphatic rings. The molecule has 0 aromatic heterocycles. The van der Waals surface area contributed by atoms with Gasteiger partial charge in [0.1, 0.15) is 0 Å². The molecular weight excluding hydrogens is 307 g/mol. The standard InChI is InChI=1S/C17H36O3S.Na.H/c1-3-5-7-9-11-13-15-17(21(18,19)20)16-14-12-10-8-6-4-2;;/h17H,3-16H2,1-2H3,(H,18,19,20);;/q;+1;-1. The van der Waals surface area contributed by atoms with Crippen molar-refractivity contribution in [2.75, 3.05) is 0 Å². The van der Waals surface area contributed by atoms with Crippen LogP contribution in [0.5, 0.6) is 0 Å². The third kappa shape index (κ3) is 15.8. The topological polar surface area (TPSA) is 54.4 Å². The van der Waals surface area contributed by atoms with E-state index in [2.05, 4.69) is 13.8 Å². The predicted molar refractivity (Wildman–Crippen MR) is 92.4 cm³/mol. The van der Waals surface area contributed by atoms with Gasteiger partial charge < -0.3 is 1.43 Å². The van der Waals surface area contributed by atoms with Crippen LogP contribution in [0.3, 0.4) is 0 Å². The van der Waals surface area contributed by atoms with Crippen LogP contribution in [-0.4, -0.2) is 18.2 Å². The molecule has 0 atom stereocenters. The van der Waals surface area contributed by atoms with Gasteiger partial charge in [-0.25, -0.2) is 0 Å². The predicted octanol–water partition coefficient (Wildman–Crippen LogP) is 2.86. The maximum atomic E-state index is 11.4. The fourth-order valence-electron chi connectivity index (χ4n) is 2.75. The zero-order chi connectivity index (χ0) is 16.0. The van der Waals surface area contributed by atoms with Crippen LogP contribution in [0.4, 0.5) is 0 Å². The Morgan fingerprint density at radius 2 is 1.05 bits per heavy atom. The molecule has 0 radical (unpaired) electrons. The second-order valence-corrected chi connectivity index (χ2v) is 7.95. The second-order valence-electron chi connectivity index (χ2n) is 6.25. The molecule has 0 aromatic rings. The minimum Gasteiger partial charge on any atom is -1.00 e. The van der Waals surface area contributed by atoms with Gasteiger partial charge in [0.15, 0.2) is 0 Å². The molecule has 0 aliphatic heterocycles. The van der Waals surface area contributed by atoms with Crippen molar-refractivity contribution < 1.29 is 44.0 Å². The molecule has 0 amide bonds. The number of rotatable bonds is 15. The van der Waals surface area contributed by atoms with E-state index in [0.29, 0.717) is 12.8 Å². The van der Waals surface area contributed by atoms with Gasteiger partial charge in [0, 0.05) is 0 Å². The fraction of sp³-hybridized carbons (Fsp3) is 1.00. The van der Waals surface area contributed by atoms with Gasteiger partial charge in [0.05, 0.1) is 5.25 Å². The molecule has 0 unspecified atom stereocenters. The van der Waals surface area contributed by atoms with Gasteiger partial charge in [-0.1, -0.05) is 90.9 Å². The quantitative estimate of drug-likeness (QED) is 0.282. The zero-order valence-corrected chi connectivity index (χ0v) is 18.0.